The Morgan fingerprint density at radius 3 is 2.77 bits per heavy atom. The monoisotopic (exact) mass is 592 g/mol. The fourth-order valence-electron chi connectivity index (χ4n) is 6.74. The van der Waals surface area contributed by atoms with E-state index in [1.807, 2.05) is 43.3 Å². The average molecular weight is 593 g/mol. The third-order valence-corrected chi connectivity index (χ3v) is 8.86. The molecular weight excluding hydrogens is 556 g/mol. The van der Waals surface area contributed by atoms with Crippen molar-refractivity contribution in [2.45, 2.75) is 69.7 Å². The van der Waals surface area contributed by atoms with E-state index >= 15 is 0 Å². The number of nitrogens with zero attached hydrogens (tertiary/aromatic N) is 5. The highest BCUT2D eigenvalue weighted by Crippen LogP contribution is 2.56. The lowest BCUT2D eigenvalue weighted by molar-refractivity contribution is -0.159. The Bertz CT molecular complexity index is 1480. The Morgan fingerprint density at radius 2 is 1.98 bits per heavy atom. The molecular formula is C30H36N6O7. The zero-order valence-electron chi connectivity index (χ0n) is 24.2. The zero-order valence-corrected chi connectivity index (χ0v) is 24.2. The number of nitrogens with one attached hydrogen (secondary N) is 1. The molecule has 5 heterocycles. The van der Waals surface area contributed by atoms with Crippen molar-refractivity contribution < 1.29 is 33.8 Å². The number of likely N-dealkylation sites (tertiary alicyclic amines) is 1. The number of aromatic nitrogens is 3. The SMILES string of the molecule is CC[C@@H](CO)N1C(=O)[C@@H]2[C@H]3C(=O)O[C@@H](C)CNC(=O)CC/C=C\CN(Cn4nnc5ccccc54)C(=O)[C@@H]1[C@]21C=C[C@H]3O1. The predicted octanol–water partition coefficient (Wildman–Crippen LogP) is 0.537. The highest BCUT2D eigenvalue weighted by molar-refractivity contribution is 5.99. The number of benzene rings is 1. The largest absolute Gasteiger partial charge is 0.460 e. The topological polar surface area (TPSA) is 156 Å². The average Bonchev–Trinajstić information content (AvgIpc) is 3.75. The molecule has 2 N–H and O–H groups in total. The number of amides is 3. The Labute approximate surface area is 248 Å². The van der Waals surface area contributed by atoms with Crippen molar-refractivity contribution in [3.63, 3.8) is 0 Å². The number of carbonyl (C=O) groups excluding carboxylic acids is 4. The summed E-state index contributed by atoms with van der Waals surface area (Å²) in [5.74, 6) is -3.65. The summed E-state index contributed by atoms with van der Waals surface area (Å²) in [4.78, 5) is 57.8. The van der Waals surface area contributed by atoms with Crippen LogP contribution in [0.1, 0.15) is 33.1 Å². The smallest absolute Gasteiger partial charge is 0.313 e. The molecule has 2 aromatic rings. The lowest BCUT2D eigenvalue weighted by Crippen LogP contribution is -2.58. The van der Waals surface area contributed by atoms with E-state index in [1.165, 1.54) is 4.90 Å². The molecule has 1 spiro atoms. The van der Waals surface area contributed by atoms with Crippen LogP contribution in [0.3, 0.4) is 0 Å². The van der Waals surface area contributed by atoms with E-state index in [0.29, 0.717) is 18.4 Å². The highest BCUT2D eigenvalue weighted by Gasteiger charge is 2.74. The van der Waals surface area contributed by atoms with Crippen molar-refractivity contribution in [3.05, 3.63) is 48.6 Å². The van der Waals surface area contributed by atoms with Crippen molar-refractivity contribution in [2.24, 2.45) is 11.8 Å². The molecule has 43 heavy (non-hydrogen) atoms. The van der Waals surface area contributed by atoms with Gasteiger partial charge < -0.3 is 29.7 Å². The second-order valence-electron chi connectivity index (χ2n) is 11.5. The second-order valence-corrected chi connectivity index (χ2v) is 11.5. The summed E-state index contributed by atoms with van der Waals surface area (Å²) in [6, 6.07) is 5.58. The van der Waals surface area contributed by atoms with Crippen molar-refractivity contribution >= 4 is 34.7 Å². The van der Waals surface area contributed by atoms with Gasteiger partial charge in [-0.2, -0.15) is 0 Å². The molecule has 13 heteroatoms. The van der Waals surface area contributed by atoms with E-state index in [2.05, 4.69) is 15.6 Å². The van der Waals surface area contributed by atoms with Gasteiger partial charge in [-0.05, 0) is 31.9 Å². The third kappa shape index (κ3) is 4.89. The van der Waals surface area contributed by atoms with Crippen LogP contribution in [0, 0.1) is 11.8 Å². The number of aliphatic hydroxyl groups excluding tert-OH is 1. The minimum Gasteiger partial charge on any atom is -0.460 e. The third-order valence-electron chi connectivity index (χ3n) is 8.86. The van der Waals surface area contributed by atoms with Crippen LogP contribution in [0.5, 0.6) is 0 Å². The van der Waals surface area contributed by atoms with Crippen LogP contribution in [0.25, 0.3) is 11.0 Å². The van der Waals surface area contributed by atoms with Gasteiger partial charge in [-0.3, -0.25) is 19.2 Å². The highest BCUT2D eigenvalue weighted by atomic mass is 16.6. The molecule has 2 fully saturated rings. The normalized spacial score (nSPS) is 32.7. The number of cyclic esters (lactones) is 1. The Hall–Kier alpha value is -4.10. The van der Waals surface area contributed by atoms with Crippen LogP contribution in [-0.2, 0) is 35.3 Å². The number of hydrogen-bond donors (Lipinski definition) is 2. The molecule has 2 saturated heterocycles. The molecule has 6 rings (SSSR count). The number of fused-ring (bicyclic) bond motifs is 3. The number of para-hydroxylation sites is 1. The van der Waals surface area contributed by atoms with E-state index in [9.17, 15) is 24.3 Å². The summed E-state index contributed by atoms with van der Waals surface area (Å²) < 4.78 is 13.7. The number of allylic oxidation sites excluding steroid dienone is 1. The quantitative estimate of drug-likeness (QED) is 0.374. The fourth-order valence-corrected chi connectivity index (χ4v) is 6.74. The summed E-state index contributed by atoms with van der Waals surface area (Å²) in [5, 5.41) is 21.6. The van der Waals surface area contributed by atoms with Crippen LogP contribution in [0.4, 0.5) is 0 Å². The van der Waals surface area contributed by atoms with Gasteiger partial charge in [0.25, 0.3) is 5.91 Å². The molecule has 3 amide bonds. The maximum absolute atomic E-state index is 14.7. The number of esters is 1. The first-order valence-corrected chi connectivity index (χ1v) is 14.8. The minimum atomic E-state index is -1.41. The van der Waals surface area contributed by atoms with E-state index in [1.54, 1.807) is 28.7 Å². The molecule has 0 unspecified atom stereocenters. The molecule has 1 aromatic carbocycles. The molecule has 7 atom stereocenters. The van der Waals surface area contributed by atoms with E-state index in [-0.39, 0.29) is 38.7 Å². The molecule has 0 radical (unpaired) electrons. The lowest BCUT2D eigenvalue weighted by Gasteiger charge is -2.38. The number of rotatable bonds is 5. The van der Waals surface area contributed by atoms with Gasteiger partial charge in [0.1, 0.15) is 35.9 Å². The van der Waals surface area contributed by atoms with Gasteiger partial charge in [-0.25, -0.2) is 4.68 Å². The van der Waals surface area contributed by atoms with Crippen molar-refractivity contribution in [1.29, 1.82) is 0 Å². The van der Waals surface area contributed by atoms with Gasteiger partial charge in [0.05, 0.1) is 36.7 Å². The molecule has 228 valence electrons. The summed E-state index contributed by atoms with van der Waals surface area (Å²) in [6.45, 7) is 3.45. The van der Waals surface area contributed by atoms with Crippen LogP contribution in [0.2, 0.25) is 0 Å². The molecule has 5 bridgehead atoms. The fraction of sp³-hybridized carbons (Fsp3) is 0.533. The van der Waals surface area contributed by atoms with Gasteiger partial charge in [0.15, 0.2) is 0 Å². The molecule has 4 aliphatic heterocycles. The van der Waals surface area contributed by atoms with E-state index < -0.39 is 59.5 Å². The Morgan fingerprint density at radius 1 is 1.16 bits per heavy atom. The first kappa shape index (κ1) is 29.0. The van der Waals surface area contributed by atoms with Gasteiger partial charge in [0.2, 0.25) is 11.8 Å². The zero-order chi connectivity index (χ0) is 30.3. The van der Waals surface area contributed by atoms with Crippen LogP contribution >= 0.6 is 0 Å². The Balaban J connectivity index is 1.43. The van der Waals surface area contributed by atoms with Crippen LogP contribution in [0.15, 0.2) is 48.6 Å². The molecule has 0 aliphatic carbocycles. The van der Waals surface area contributed by atoms with Crippen molar-refractivity contribution in [3.8, 4) is 0 Å². The van der Waals surface area contributed by atoms with E-state index in [4.69, 9.17) is 9.47 Å². The molecule has 1 aromatic heterocycles. The lowest BCUT2D eigenvalue weighted by atomic mass is 9.74. The Kier molecular flexibility index (Phi) is 7.77. The van der Waals surface area contributed by atoms with Crippen LogP contribution < -0.4 is 5.32 Å². The maximum atomic E-state index is 14.7. The first-order valence-electron chi connectivity index (χ1n) is 14.8. The number of carbonyl (C=O) groups is 4. The standard InChI is InChI=1S/C30H36N6O7/c1-3-19(16-37)36-26-28(40)34(17-35-21-10-7-6-9-20(21)32-33-35)14-8-4-5-11-23(38)31-15-18(2)42-29(41)24-22-12-13-30(26,43-22)25(24)27(36)39/h4,6-10,12-13,18-19,22,24-26,37H,3,5,11,14-17H2,1-2H3,(H,31,38)/b8-4-/t18-,19-,22+,24-,25-,26+,30-/m0/s1. The number of ether oxygens (including phenoxy) is 2. The molecule has 0 saturated carbocycles. The predicted molar refractivity (Wildman–Crippen MR) is 152 cm³/mol. The van der Waals surface area contributed by atoms with Crippen molar-refractivity contribution in [2.75, 3.05) is 19.7 Å². The summed E-state index contributed by atoms with van der Waals surface area (Å²) in [5.41, 5.74) is -0.0181. The van der Waals surface area contributed by atoms with Gasteiger partial charge in [-0.1, -0.05) is 48.6 Å². The number of hydrogen-bond acceptors (Lipinski definition) is 9. The van der Waals surface area contributed by atoms with Crippen LogP contribution in [-0.4, -0.2) is 103 Å². The maximum Gasteiger partial charge on any atom is 0.313 e. The van der Waals surface area contributed by atoms with Gasteiger partial charge >= 0.3 is 5.97 Å². The van der Waals surface area contributed by atoms with Crippen molar-refractivity contribution in [1.82, 2.24) is 30.1 Å². The summed E-state index contributed by atoms with van der Waals surface area (Å²) in [7, 11) is 0. The van der Waals surface area contributed by atoms with Gasteiger partial charge in [0, 0.05) is 13.0 Å². The molecule has 13 nitrogen and oxygen atoms in total. The number of aliphatic hydroxyl groups is 1. The van der Waals surface area contributed by atoms with E-state index in [0.717, 1.165) is 5.52 Å². The first-order chi connectivity index (χ1) is 20.8. The minimum absolute atomic E-state index is 0.0233. The second kappa shape index (κ2) is 11.5. The molecule has 4 aliphatic rings. The summed E-state index contributed by atoms with van der Waals surface area (Å²) in [6.07, 6.45) is 6.75. The summed E-state index contributed by atoms with van der Waals surface area (Å²) >= 11 is 0. The van der Waals surface area contributed by atoms with Gasteiger partial charge in [-0.15, -0.1) is 5.10 Å².